The fraction of sp³-hybridized carbons (Fsp3) is 0. The zero-order valence-corrected chi connectivity index (χ0v) is 15.7. The summed E-state index contributed by atoms with van der Waals surface area (Å²) in [5.74, 6) is -0.289. The Balaban J connectivity index is 1.67. The van der Waals surface area contributed by atoms with Crippen molar-refractivity contribution >= 4 is 51.7 Å². The first-order valence-electron chi connectivity index (χ1n) is 7.67. The number of nitrogens with one attached hydrogen (secondary N) is 1. The van der Waals surface area contributed by atoms with E-state index in [-0.39, 0.29) is 11.0 Å². The lowest BCUT2D eigenvalue weighted by atomic mass is 10.2. The third-order valence-corrected chi connectivity index (χ3v) is 5.11. The van der Waals surface area contributed by atoms with E-state index in [0.29, 0.717) is 26.9 Å². The lowest BCUT2D eigenvalue weighted by Gasteiger charge is -2.08. The van der Waals surface area contributed by atoms with Gasteiger partial charge in [0.05, 0.1) is 15.6 Å². The van der Waals surface area contributed by atoms with E-state index in [9.17, 15) is 9.59 Å². The third-order valence-electron chi connectivity index (χ3n) is 3.53. The SMILES string of the molecule is O=C(Nc1ccc(SC(=O)c2ccccc2Cl)cc1)c1ccccc1Cl. The molecule has 0 radical (unpaired) electrons. The Morgan fingerprint density at radius 3 is 1.85 bits per heavy atom. The topological polar surface area (TPSA) is 46.2 Å². The van der Waals surface area contributed by atoms with Crippen LogP contribution in [-0.4, -0.2) is 11.0 Å². The molecule has 3 aromatic carbocycles. The van der Waals surface area contributed by atoms with Gasteiger partial charge < -0.3 is 5.32 Å². The smallest absolute Gasteiger partial charge is 0.257 e. The molecule has 3 aromatic rings. The first-order chi connectivity index (χ1) is 12.5. The molecule has 0 aliphatic heterocycles. The van der Waals surface area contributed by atoms with Crippen LogP contribution in [-0.2, 0) is 0 Å². The molecule has 0 fully saturated rings. The van der Waals surface area contributed by atoms with Gasteiger partial charge in [0.15, 0.2) is 0 Å². The van der Waals surface area contributed by atoms with Crippen LogP contribution in [0.3, 0.4) is 0 Å². The Kier molecular flexibility index (Phi) is 5.99. The Morgan fingerprint density at radius 1 is 0.731 bits per heavy atom. The minimum atomic E-state index is -0.289. The van der Waals surface area contributed by atoms with Crippen LogP contribution in [0.4, 0.5) is 5.69 Å². The van der Waals surface area contributed by atoms with Gasteiger partial charge in [0.25, 0.3) is 5.91 Å². The molecule has 0 atom stereocenters. The summed E-state index contributed by atoms with van der Waals surface area (Å²) in [4.78, 5) is 25.3. The molecular weight excluding hydrogens is 389 g/mol. The molecule has 1 N–H and O–H groups in total. The summed E-state index contributed by atoms with van der Waals surface area (Å²) in [6, 6.07) is 20.8. The fourth-order valence-electron chi connectivity index (χ4n) is 2.24. The summed E-state index contributed by atoms with van der Waals surface area (Å²) >= 11 is 13.2. The fourth-order valence-corrected chi connectivity index (χ4v) is 3.51. The second kappa shape index (κ2) is 8.41. The summed E-state index contributed by atoms with van der Waals surface area (Å²) in [6.45, 7) is 0. The molecule has 3 nitrogen and oxygen atoms in total. The Hall–Kier alpha value is -2.27. The van der Waals surface area contributed by atoms with E-state index in [2.05, 4.69) is 5.32 Å². The van der Waals surface area contributed by atoms with Gasteiger partial charge in [-0.05, 0) is 60.3 Å². The highest BCUT2D eigenvalue weighted by molar-refractivity contribution is 8.14. The molecule has 0 bridgehead atoms. The quantitative estimate of drug-likeness (QED) is 0.530. The molecule has 0 unspecified atom stereocenters. The third kappa shape index (κ3) is 4.47. The van der Waals surface area contributed by atoms with Crippen molar-refractivity contribution in [3.63, 3.8) is 0 Å². The van der Waals surface area contributed by atoms with Crippen LogP contribution in [0.25, 0.3) is 0 Å². The zero-order chi connectivity index (χ0) is 18.5. The van der Waals surface area contributed by atoms with Crippen LogP contribution in [0, 0.1) is 0 Å². The zero-order valence-electron chi connectivity index (χ0n) is 13.4. The van der Waals surface area contributed by atoms with Gasteiger partial charge in [0.1, 0.15) is 0 Å². The highest BCUT2D eigenvalue weighted by atomic mass is 35.5. The first-order valence-corrected chi connectivity index (χ1v) is 9.24. The van der Waals surface area contributed by atoms with Crippen LogP contribution < -0.4 is 5.32 Å². The lowest BCUT2D eigenvalue weighted by Crippen LogP contribution is -2.12. The van der Waals surface area contributed by atoms with E-state index in [1.165, 1.54) is 0 Å². The number of hydrogen-bond acceptors (Lipinski definition) is 3. The van der Waals surface area contributed by atoms with E-state index >= 15 is 0 Å². The maximum atomic E-state index is 12.3. The standard InChI is InChI=1S/C20H13Cl2NO2S/c21-17-7-3-1-5-15(17)19(24)23-13-9-11-14(12-10-13)26-20(25)16-6-2-4-8-18(16)22/h1-12H,(H,23,24). The number of rotatable bonds is 4. The molecule has 0 aliphatic carbocycles. The highest BCUT2D eigenvalue weighted by Crippen LogP contribution is 2.27. The normalized spacial score (nSPS) is 10.4. The van der Waals surface area contributed by atoms with Crippen molar-refractivity contribution in [3.8, 4) is 0 Å². The van der Waals surface area contributed by atoms with E-state index in [4.69, 9.17) is 23.2 Å². The molecule has 6 heteroatoms. The maximum Gasteiger partial charge on any atom is 0.257 e. The minimum absolute atomic E-state index is 0.136. The second-order valence-electron chi connectivity index (χ2n) is 5.33. The molecule has 0 aliphatic rings. The second-order valence-corrected chi connectivity index (χ2v) is 7.19. The maximum absolute atomic E-state index is 12.3. The van der Waals surface area contributed by atoms with Crippen LogP contribution >= 0.6 is 35.0 Å². The Bertz CT molecular complexity index is 880. The largest absolute Gasteiger partial charge is 0.322 e. The molecule has 130 valence electrons. The summed E-state index contributed by atoms with van der Waals surface area (Å²) in [7, 11) is 0. The van der Waals surface area contributed by atoms with Gasteiger partial charge in [-0.25, -0.2) is 0 Å². The van der Waals surface area contributed by atoms with Gasteiger partial charge in [0.2, 0.25) is 5.12 Å². The van der Waals surface area contributed by atoms with Crippen molar-refractivity contribution in [2.75, 3.05) is 5.32 Å². The lowest BCUT2D eigenvalue weighted by molar-refractivity contribution is 0.102. The number of halogens is 2. The predicted octanol–water partition coefficient (Wildman–Crippen LogP) is 6.18. The van der Waals surface area contributed by atoms with Gasteiger partial charge in [0, 0.05) is 16.1 Å². The summed E-state index contributed by atoms with van der Waals surface area (Å²) < 4.78 is 0. The molecule has 0 saturated carbocycles. The molecule has 1 amide bonds. The molecule has 26 heavy (non-hydrogen) atoms. The molecule has 3 rings (SSSR count). The predicted molar refractivity (Wildman–Crippen MR) is 107 cm³/mol. The van der Waals surface area contributed by atoms with Gasteiger partial charge >= 0.3 is 0 Å². The summed E-state index contributed by atoms with van der Waals surface area (Å²) in [5.41, 5.74) is 1.49. The first kappa shape index (κ1) is 18.5. The van der Waals surface area contributed by atoms with E-state index in [0.717, 1.165) is 16.7 Å². The van der Waals surface area contributed by atoms with E-state index in [1.807, 2.05) is 0 Å². The van der Waals surface area contributed by atoms with Crippen molar-refractivity contribution in [1.29, 1.82) is 0 Å². The van der Waals surface area contributed by atoms with Gasteiger partial charge in [-0.2, -0.15) is 0 Å². The number of thioether (sulfide) groups is 1. The molecule has 0 heterocycles. The molecule has 0 aromatic heterocycles. The van der Waals surface area contributed by atoms with Crippen molar-refractivity contribution in [1.82, 2.24) is 0 Å². The Labute approximate surface area is 165 Å². The van der Waals surface area contributed by atoms with Gasteiger partial charge in [-0.15, -0.1) is 0 Å². The van der Waals surface area contributed by atoms with E-state index < -0.39 is 0 Å². The number of anilines is 1. The van der Waals surface area contributed by atoms with Crippen LogP contribution in [0.2, 0.25) is 10.0 Å². The highest BCUT2D eigenvalue weighted by Gasteiger charge is 2.12. The average molecular weight is 402 g/mol. The molecule has 0 spiro atoms. The number of benzene rings is 3. The average Bonchev–Trinajstić information content (AvgIpc) is 2.64. The van der Waals surface area contributed by atoms with Crippen molar-refractivity contribution in [2.24, 2.45) is 0 Å². The van der Waals surface area contributed by atoms with Crippen LogP contribution in [0.15, 0.2) is 77.7 Å². The molecule has 0 saturated heterocycles. The van der Waals surface area contributed by atoms with Crippen molar-refractivity contribution in [2.45, 2.75) is 4.90 Å². The number of carbonyl (C=O) groups is 2. The Morgan fingerprint density at radius 2 is 1.27 bits per heavy atom. The number of amides is 1. The van der Waals surface area contributed by atoms with Crippen molar-refractivity contribution < 1.29 is 9.59 Å². The van der Waals surface area contributed by atoms with Gasteiger partial charge in [-0.1, -0.05) is 47.5 Å². The van der Waals surface area contributed by atoms with Crippen molar-refractivity contribution in [3.05, 3.63) is 94.0 Å². The van der Waals surface area contributed by atoms with Crippen LogP contribution in [0.5, 0.6) is 0 Å². The summed E-state index contributed by atoms with van der Waals surface area (Å²) in [6.07, 6.45) is 0. The minimum Gasteiger partial charge on any atom is -0.322 e. The number of carbonyl (C=O) groups excluding carboxylic acids is 2. The van der Waals surface area contributed by atoms with E-state index in [1.54, 1.807) is 72.8 Å². The summed E-state index contributed by atoms with van der Waals surface area (Å²) in [5, 5.41) is 3.46. The monoisotopic (exact) mass is 401 g/mol. The van der Waals surface area contributed by atoms with Gasteiger partial charge in [-0.3, -0.25) is 9.59 Å². The molecular formula is C20H13Cl2NO2S. The van der Waals surface area contributed by atoms with Crippen LogP contribution in [0.1, 0.15) is 20.7 Å². The number of hydrogen-bond donors (Lipinski definition) is 1.